The highest BCUT2D eigenvalue weighted by Crippen LogP contribution is 2.18. The number of nitrogens with one attached hydrogen (secondary N) is 1. The number of hydrogen-bond donors (Lipinski definition) is 2. The molecule has 0 saturated carbocycles. The minimum atomic E-state index is -4.33. The zero-order chi connectivity index (χ0) is 20.1. The molecule has 1 rings (SSSR count). The summed E-state index contributed by atoms with van der Waals surface area (Å²) in [7, 11) is -2.13. The molecule has 0 saturated heterocycles. The van der Waals surface area contributed by atoms with E-state index in [1.807, 2.05) is 0 Å². The van der Waals surface area contributed by atoms with Crippen LogP contribution >= 0.6 is 0 Å². The first kappa shape index (κ1) is 21.6. The van der Waals surface area contributed by atoms with E-state index in [0.29, 0.717) is 0 Å². The van der Waals surface area contributed by atoms with Gasteiger partial charge in [0.1, 0.15) is 6.04 Å². The molecule has 0 aliphatic heterocycles. The van der Waals surface area contributed by atoms with Crippen LogP contribution in [0.1, 0.15) is 41.0 Å². The molecule has 1 aromatic carbocycles. The monoisotopic (exact) mass is 387 g/mol. The van der Waals surface area contributed by atoms with E-state index in [2.05, 4.69) is 14.2 Å². The van der Waals surface area contributed by atoms with Crippen molar-refractivity contribution in [3.8, 4) is 0 Å². The maximum absolute atomic E-state index is 12.6. The standard InChI is InChI=1S/C16H21NO8S/c1-9(2)5-13(14(18)19)17-26(22,23)12-7-10(15(20)24-3)6-11(8-12)16(21)25-4/h6-9,13,17H,5H2,1-4H3,(H,18,19)/t13-/m1/s1. The van der Waals surface area contributed by atoms with E-state index in [4.69, 9.17) is 0 Å². The lowest BCUT2D eigenvalue weighted by Crippen LogP contribution is -2.41. The first-order valence-corrected chi connectivity index (χ1v) is 9.07. The van der Waals surface area contributed by atoms with E-state index < -0.39 is 38.9 Å². The molecule has 0 bridgehead atoms. The second-order valence-electron chi connectivity index (χ2n) is 5.87. The highest BCUT2D eigenvalue weighted by atomic mass is 32.2. The average molecular weight is 387 g/mol. The lowest BCUT2D eigenvalue weighted by molar-refractivity contribution is -0.139. The van der Waals surface area contributed by atoms with Gasteiger partial charge >= 0.3 is 17.9 Å². The first-order valence-electron chi connectivity index (χ1n) is 7.58. The molecule has 0 amide bonds. The van der Waals surface area contributed by atoms with Crippen molar-refractivity contribution in [1.29, 1.82) is 0 Å². The Morgan fingerprint density at radius 3 is 1.85 bits per heavy atom. The summed E-state index contributed by atoms with van der Waals surface area (Å²) in [5, 5.41) is 9.22. The highest BCUT2D eigenvalue weighted by molar-refractivity contribution is 7.89. The minimum absolute atomic E-state index is 0.0646. The fourth-order valence-corrected chi connectivity index (χ4v) is 3.42. The van der Waals surface area contributed by atoms with Crippen molar-refractivity contribution >= 4 is 27.9 Å². The van der Waals surface area contributed by atoms with E-state index in [1.165, 1.54) is 0 Å². The lowest BCUT2D eigenvalue weighted by atomic mass is 10.1. The fraction of sp³-hybridized carbons (Fsp3) is 0.438. The fourth-order valence-electron chi connectivity index (χ4n) is 2.15. The van der Waals surface area contributed by atoms with Gasteiger partial charge in [-0.25, -0.2) is 18.0 Å². The van der Waals surface area contributed by atoms with Gasteiger partial charge in [0.15, 0.2) is 0 Å². The molecule has 0 heterocycles. The third-order valence-electron chi connectivity index (χ3n) is 3.36. The SMILES string of the molecule is COC(=O)c1cc(C(=O)OC)cc(S(=O)(=O)N[C@H](CC(C)C)C(=O)O)c1. The summed E-state index contributed by atoms with van der Waals surface area (Å²) < 4.78 is 36.3. The third kappa shape index (κ3) is 5.53. The predicted molar refractivity (Wildman–Crippen MR) is 90.3 cm³/mol. The molecular weight excluding hydrogens is 366 g/mol. The maximum Gasteiger partial charge on any atom is 0.337 e. The average Bonchev–Trinajstić information content (AvgIpc) is 2.58. The summed E-state index contributed by atoms with van der Waals surface area (Å²) in [6.07, 6.45) is 0.0646. The molecule has 9 nitrogen and oxygen atoms in total. The van der Waals surface area contributed by atoms with Crippen molar-refractivity contribution in [2.45, 2.75) is 31.2 Å². The van der Waals surface area contributed by atoms with Crippen LogP contribution in [-0.4, -0.2) is 51.7 Å². The molecule has 10 heteroatoms. The van der Waals surface area contributed by atoms with Gasteiger partial charge in [-0.2, -0.15) is 4.72 Å². The number of ether oxygens (including phenoxy) is 2. The summed E-state index contributed by atoms with van der Waals surface area (Å²) in [6, 6.07) is 1.76. The molecule has 0 aliphatic carbocycles. The maximum atomic E-state index is 12.6. The molecule has 1 aromatic rings. The number of rotatable bonds is 8. The molecule has 0 spiro atoms. The molecule has 0 fully saturated rings. The third-order valence-corrected chi connectivity index (χ3v) is 4.81. The van der Waals surface area contributed by atoms with Gasteiger partial charge in [0.25, 0.3) is 0 Å². The molecule has 1 atom stereocenters. The topological polar surface area (TPSA) is 136 Å². The summed E-state index contributed by atoms with van der Waals surface area (Å²) in [5.41, 5.74) is -0.377. The number of benzene rings is 1. The van der Waals surface area contributed by atoms with E-state index in [-0.39, 0.29) is 23.5 Å². The molecule has 144 valence electrons. The van der Waals surface area contributed by atoms with Crippen LogP contribution in [0.4, 0.5) is 0 Å². The van der Waals surface area contributed by atoms with Crippen LogP contribution in [-0.2, 0) is 24.3 Å². The Kier molecular flexibility index (Phi) is 7.28. The Labute approximate surface area is 151 Å². The van der Waals surface area contributed by atoms with E-state index in [9.17, 15) is 27.9 Å². The number of carbonyl (C=O) groups is 3. The van der Waals surface area contributed by atoms with Crippen molar-refractivity contribution in [3.05, 3.63) is 29.3 Å². The molecule has 0 unspecified atom stereocenters. The van der Waals surface area contributed by atoms with Crippen LogP contribution in [0.5, 0.6) is 0 Å². The summed E-state index contributed by atoms with van der Waals surface area (Å²) in [4.78, 5) is 34.4. The van der Waals surface area contributed by atoms with Gasteiger partial charge in [0.05, 0.1) is 30.2 Å². The Morgan fingerprint density at radius 2 is 1.50 bits per heavy atom. The largest absolute Gasteiger partial charge is 0.480 e. The molecule has 0 radical (unpaired) electrons. The Hall–Kier alpha value is -2.46. The number of hydrogen-bond acceptors (Lipinski definition) is 7. The van der Waals surface area contributed by atoms with Gasteiger partial charge in [0, 0.05) is 0 Å². The highest BCUT2D eigenvalue weighted by Gasteiger charge is 2.28. The summed E-state index contributed by atoms with van der Waals surface area (Å²) >= 11 is 0. The number of carboxylic acid groups (broad SMARTS) is 1. The number of sulfonamides is 1. The molecular formula is C16H21NO8S. The van der Waals surface area contributed by atoms with Crippen molar-refractivity contribution in [3.63, 3.8) is 0 Å². The van der Waals surface area contributed by atoms with Crippen molar-refractivity contribution in [1.82, 2.24) is 4.72 Å². The quantitative estimate of drug-likeness (QED) is 0.631. The lowest BCUT2D eigenvalue weighted by Gasteiger charge is -2.17. The van der Waals surface area contributed by atoms with Crippen LogP contribution in [0.15, 0.2) is 23.1 Å². The van der Waals surface area contributed by atoms with Crippen LogP contribution < -0.4 is 4.72 Å². The smallest absolute Gasteiger partial charge is 0.337 e. The van der Waals surface area contributed by atoms with Gasteiger partial charge in [-0.05, 0) is 30.5 Å². The van der Waals surface area contributed by atoms with Gasteiger partial charge in [-0.1, -0.05) is 13.8 Å². The van der Waals surface area contributed by atoms with Crippen LogP contribution in [0, 0.1) is 5.92 Å². The minimum Gasteiger partial charge on any atom is -0.480 e. The predicted octanol–water partition coefficient (Wildman–Crippen LogP) is 1.04. The molecule has 2 N–H and O–H groups in total. The van der Waals surface area contributed by atoms with Crippen LogP contribution in [0.2, 0.25) is 0 Å². The van der Waals surface area contributed by atoms with E-state index >= 15 is 0 Å². The zero-order valence-corrected chi connectivity index (χ0v) is 15.6. The van der Waals surface area contributed by atoms with Crippen LogP contribution in [0.3, 0.4) is 0 Å². The Bertz CT molecular complexity index is 766. The van der Waals surface area contributed by atoms with Gasteiger partial charge in [-0.3, -0.25) is 4.79 Å². The van der Waals surface area contributed by atoms with E-state index in [1.54, 1.807) is 13.8 Å². The van der Waals surface area contributed by atoms with Crippen LogP contribution in [0.25, 0.3) is 0 Å². The molecule has 0 aliphatic rings. The Morgan fingerprint density at radius 1 is 1.04 bits per heavy atom. The Balaban J connectivity index is 3.39. The summed E-state index contributed by atoms with van der Waals surface area (Å²) in [5.74, 6) is -3.13. The normalized spacial score (nSPS) is 12.5. The van der Waals surface area contributed by atoms with Crippen molar-refractivity contribution in [2.75, 3.05) is 14.2 Å². The molecule has 0 aromatic heterocycles. The summed E-state index contributed by atoms with van der Waals surface area (Å²) in [6.45, 7) is 3.49. The number of methoxy groups -OCH3 is 2. The first-order chi connectivity index (χ1) is 12.0. The second-order valence-corrected chi connectivity index (χ2v) is 7.58. The second kappa shape index (κ2) is 8.77. The van der Waals surface area contributed by atoms with Gasteiger partial charge in [-0.15, -0.1) is 0 Å². The zero-order valence-electron chi connectivity index (χ0n) is 14.8. The van der Waals surface area contributed by atoms with Gasteiger partial charge in [0.2, 0.25) is 10.0 Å². The number of carbonyl (C=O) groups excluding carboxylic acids is 2. The van der Waals surface area contributed by atoms with Gasteiger partial charge < -0.3 is 14.6 Å². The number of aliphatic carboxylic acids is 1. The van der Waals surface area contributed by atoms with Crippen molar-refractivity contribution < 1.29 is 37.4 Å². The number of carboxylic acids is 1. The number of esters is 2. The van der Waals surface area contributed by atoms with E-state index in [0.717, 1.165) is 32.4 Å². The van der Waals surface area contributed by atoms with Crippen molar-refractivity contribution in [2.24, 2.45) is 5.92 Å². The molecule has 26 heavy (non-hydrogen) atoms.